The predicted octanol–water partition coefficient (Wildman–Crippen LogP) is 2.90. The van der Waals surface area contributed by atoms with Gasteiger partial charge in [0, 0.05) is 24.2 Å². The van der Waals surface area contributed by atoms with Gasteiger partial charge in [-0.15, -0.1) is 0 Å². The molecule has 3 aromatic rings. The van der Waals surface area contributed by atoms with Crippen LogP contribution >= 0.6 is 0 Å². The fraction of sp³-hybridized carbons (Fsp3) is 0.227. The fourth-order valence-electron chi connectivity index (χ4n) is 3.17. The maximum Gasteiger partial charge on any atom is 0.311 e. The Hall–Kier alpha value is -4.21. The van der Waals surface area contributed by atoms with Crippen molar-refractivity contribution in [2.24, 2.45) is 0 Å². The van der Waals surface area contributed by atoms with E-state index in [0.717, 1.165) is 24.5 Å². The molecule has 2 aromatic heterocycles. The average molecular weight is 435 g/mol. The summed E-state index contributed by atoms with van der Waals surface area (Å²) in [6.45, 7) is 0.372. The maximum atomic E-state index is 13.1. The summed E-state index contributed by atoms with van der Waals surface area (Å²) in [5.74, 6) is -0.342. The number of nitrogens with one attached hydrogen (secondary N) is 1. The third-order valence-corrected chi connectivity index (χ3v) is 5.03. The van der Waals surface area contributed by atoms with Gasteiger partial charge in [0.05, 0.1) is 17.7 Å². The molecule has 32 heavy (non-hydrogen) atoms. The number of hydrogen-bond donors (Lipinski definition) is 2. The lowest BCUT2D eigenvalue weighted by atomic mass is 10.1. The molecular formula is C22H21N5O5. The highest BCUT2D eigenvalue weighted by atomic mass is 16.6. The van der Waals surface area contributed by atoms with E-state index in [1.807, 2.05) is 0 Å². The quantitative estimate of drug-likeness (QED) is 0.409. The number of pyridine rings is 1. The number of nitrogens with zero attached hydrogens (tertiary/aromatic N) is 3. The van der Waals surface area contributed by atoms with Crippen LogP contribution in [0.3, 0.4) is 0 Å². The first-order chi connectivity index (χ1) is 15.4. The van der Waals surface area contributed by atoms with E-state index < -0.39 is 10.8 Å². The molecule has 10 heteroatoms. The monoisotopic (exact) mass is 435 g/mol. The summed E-state index contributed by atoms with van der Waals surface area (Å²) in [4.78, 5) is 41.1. The summed E-state index contributed by atoms with van der Waals surface area (Å²) < 4.78 is 5.37. The van der Waals surface area contributed by atoms with Crippen molar-refractivity contribution in [1.82, 2.24) is 15.2 Å². The molecule has 10 nitrogen and oxygen atoms in total. The van der Waals surface area contributed by atoms with Crippen molar-refractivity contribution in [3.8, 4) is 0 Å². The van der Waals surface area contributed by atoms with Crippen molar-refractivity contribution >= 4 is 23.3 Å². The van der Waals surface area contributed by atoms with Crippen LogP contribution in [0.15, 0.2) is 59.2 Å². The van der Waals surface area contributed by atoms with Crippen LogP contribution in [0.5, 0.6) is 0 Å². The van der Waals surface area contributed by atoms with Crippen molar-refractivity contribution < 1.29 is 18.9 Å². The molecule has 2 heterocycles. The van der Waals surface area contributed by atoms with Crippen molar-refractivity contribution in [2.45, 2.75) is 32.0 Å². The summed E-state index contributed by atoms with van der Waals surface area (Å²) >= 11 is 0. The van der Waals surface area contributed by atoms with Gasteiger partial charge in [-0.2, -0.15) is 0 Å². The molecule has 164 valence electrons. The van der Waals surface area contributed by atoms with Gasteiger partial charge in [-0.25, -0.2) is 4.98 Å². The third-order valence-electron chi connectivity index (χ3n) is 5.03. The Kier molecular flexibility index (Phi) is 5.84. The minimum Gasteiger partial charge on any atom is -0.467 e. The molecule has 0 saturated heterocycles. The van der Waals surface area contributed by atoms with E-state index in [1.54, 1.807) is 36.4 Å². The number of rotatable bonds is 8. The van der Waals surface area contributed by atoms with E-state index in [2.05, 4.69) is 10.3 Å². The Morgan fingerprint density at radius 1 is 1.16 bits per heavy atom. The molecule has 3 N–H and O–H groups in total. The molecule has 1 aliphatic rings. The summed E-state index contributed by atoms with van der Waals surface area (Å²) in [6.07, 6.45) is 3.52. The van der Waals surface area contributed by atoms with Gasteiger partial charge in [-0.05, 0) is 48.7 Å². The van der Waals surface area contributed by atoms with Crippen molar-refractivity contribution in [2.75, 3.05) is 5.73 Å². The first kappa shape index (κ1) is 21.0. The van der Waals surface area contributed by atoms with Crippen LogP contribution in [0, 0.1) is 10.1 Å². The van der Waals surface area contributed by atoms with Gasteiger partial charge in [0.15, 0.2) is 0 Å². The second kappa shape index (κ2) is 8.88. The van der Waals surface area contributed by atoms with E-state index in [-0.39, 0.29) is 42.2 Å². The van der Waals surface area contributed by atoms with E-state index in [0.29, 0.717) is 11.3 Å². The molecule has 1 saturated carbocycles. The topological polar surface area (TPSA) is 145 Å². The van der Waals surface area contributed by atoms with Crippen molar-refractivity contribution in [3.63, 3.8) is 0 Å². The van der Waals surface area contributed by atoms with Gasteiger partial charge in [0.25, 0.3) is 11.8 Å². The Morgan fingerprint density at radius 3 is 2.50 bits per heavy atom. The molecule has 4 rings (SSSR count). The van der Waals surface area contributed by atoms with Crippen LogP contribution in [0.2, 0.25) is 0 Å². The van der Waals surface area contributed by atoms with E-state index in [4.69, 9.17) is 10.2 Å². The van der Waals surface area contributed by atoms with Crippen LogP contribution < -0.4 is 11.1 Å². The van der Waals surface area contributed by atoms with Crippen LogP contribution in [0.25, 0.3) is 0 Å². The molecule has 0 bridgehead atoms. The highest BCUT2D eigenvalue weighted by molar-refractivity contribution is 5.95. The zero-order valence-electron chi connectivity index (χ0n) is 17.1. The first-order valence-corrected chi connectivity index (χ1v) is 10.0. The highest BCUT2D eigenvalue weighted by Gasteiger charge is 2.24. The third kappa shape index (κ3) is 4.91. The van der Waals surface area contributed by atoms with Crippen LogP contribution in [0.4, 0.5) is 11.5 Å². The Bertz CT molecular complexity index is 1140. The maximum absolute atomic E-state index is 13.1. The Morgan fingerprint density at radius 2 is 1.91 bits per heavy atom. The van der Waals surface area contributed by atoms with E-state index in [1.165, 1.54) is 17.2 Å². The summed E-state index contributed by atoms with van der Waals surface area (Å²) in [7, 11) is 0. The number of aromatic nitrogens is 1. The van der Waals surface area contributed by atoms with Crippen LogP contribution in [-0.4, -0.2) is 32.7 Å². The standard InChI is InChI=1S/C22H21N5O5/c23-20-19(27(30)31)10-9-18(25-20)22(29)26(13-17-2-1-11-32-17)12-14-3-5-15(6-4-14)21(28)24-16-7-8-16/h1-6,9-11,16H,7-8,12-13H2,(H2,23,25)(H,24,28). The molecular weight excluding hydrogens is 414 g/mol. The van der Waals surface area contributed by atoms with Crippen molar-refractivity contribution in [3.05, 3.63) is 87.5 Å². The number of nitro groups is 1. The number of carbonyl (C=O) groups is 2. The number of benzene rings is 1. The van der Waals surface area contributed by atoms with Gasteiger partial charge in [0.1, 0.15) is 11.5 Å². The molecule has 0 unspecified atom stereocenters. The number of hydrogen-bond acceptors (Lipinski definition) is 7. The average Bonchev–Trinajstić information content (AvgIpc) is 3.44. The van der Waals surface area contributed by atoms with Gasteiger partial charge < -0.3 is 20.4 Å². The smallest absolute Gasteiger partial charge is 0.311 e. The SMILES string of the molecule is Nc1nc(C(=O)N(Cc2ccc(C(=O)NC3CC3)cc2)Cc2ccco2)ccc1[N+](=O)[O-]. The predicted molar refractivity (Wildman–Crippen MR) is 115 cm³/mol. The minimum atomic E-state index is -0.655. The van der Waals surface area contributed by atoms with Crippen LogP contribution in [-0.2, 0) is 13.1 Å². The molecule has 0 spiro atoms. The summed E-state index contributed by atoms with van der Waals surface area (Å²) in [5, 5.41) is 13.9. The zero-order chi connectivity index (χ0) is 22.7. The molecule has 1 fully saturated rings. The normalized spacial score (nSPS) is 12.9. The number of anilines is 1. The molecule has 1 aromatic carbocycles. The number of furan rings is 1. The second-order valence-corrected chi connectivity index (χ2v) is 7.54. The van der Waals surface area contributed by atoms with Gasteiger partial charge in [-0.3, -0.25) is 19.7 Å². The fourth-order valence-corrected chi connectivity index (χ4v) is 3.17. The molecule has 1 aliphatic carbocycles. The number of carbonyl (C=O) groups excluding carboxylic acids is 2. The largest absolute Gasteiger partial charge is 0.467 e. The van der Waals surface area contributed by atoms with E-state index in [9.17, 15) is 19.7 Å². The molecule has 2 amide bonds. The summed E-state index contributed by atoms with van der Waals surface area (Å²) in [5.41, 5.74) is 6.62. The lowest BCUT2D eigenvalue weighted by Crippen LogP contribution is -2.31. The van der Waals surface area contributed by atoms with Gasteiger partial charge in [-0.1, -0.05) is 12.1 Å². The Labute approximate surface area is 183 Å². The van der Waals surface area contributed by atoms with Crippen molar-refractivity contribution in [1.29, 1.82) is 0 Å². The zero-order valence-corrected chi connectivity index (χ0v) is 17.1. The number of nitrogens with two attached hydrogens (primary N) is 1. The molecule has 0 aliphatic heterocycles. The van der Waals surface area contributed by atoms with Crippen LogP contribution in [0.1, 0.15) is 45.0 Å². The second-order valence-electron chi connectivity index (χ2n) is 7.54. The summed E-state index contributed by atoms with van der Waals surface area (Å²) in [6, 6.07) is 13.1. The number of nitrogen functional groups attached to an aromatic ring is 1. The lowest BCUT2D eigenvalue weighted by Gasteiger charge is -2.22. The van der Waals surface area contributed by atoms with E-state index >= 15 is 0 Å². The highest BCUT2D eigenvalue weighted by Crippen LogP contribution is 2.22. The lowest BCUT2D eigenvalue weighted by molar-refractivity contribution is -0.384. The van der Waals surface area contributed by atoms with Gasteiger partial charge >= 0.3 is 5.69 Å². The first-order valence-electron chi connectivity index (χ1n) is 10.0. The van der Waals surface area contributed by atoms with Gasteiger partial charge in [0.2, 0.25) is 5.82 Å². The Balaban J connectivity index is 1.53. The molecule has 0 atom stereocenters. The molecule has 0 radical (unpaired) electrons. The minimum absolute atomic E-state index is 0.0138. The number of amides is 2.